The van der Waals surface area contributed by atoms with Crippen molar-refractivity contribution in [2.24, 2.45) is 11.7 Å². The maximum atomic E-state index is 13.0. The number of alkyl halides is 2. The van der Waals surface area contributed by atoms with Gasteiger partial charge in [0.2, 0.25) is 5.92 Å². The number of rotatable bonds is 3. The summed E-state index contributed by atoms with van der Waals surface area (Å²) >= 11 is 1.12. The summed E-state index contributed by atoms with van der Waals surface area (Å²) < 4.78 is 29.6. The number of nitrogens with zero attached hydrogens (tertiary/aromatic N) is 2. The van der Waals surface area contributed by atoms with E-state index in [4.69, 9.17) is 5.73 Å². The number of hydrogen-bond acceptors (Lipinski definition) is 4. The van der Waals surface area contributed by atoms with Gasteiger partial charge in [0.05, 0.1) is 4.88 Å². The van der Waals surface area contributed by atoms with E-state index in [1.807, 2.05) is 0 Å². The van der Waals surface area contributed by atoms with Crippen LogP contribution in [0.1, 0.15) is 41.0 Å². The molecule has 1 heterocycles. The van der Waals surface area contributed by atoms with Gasteiger partial charge < -0.3 is 5.73 Å². The Morgan fingerprint density at radius 3 is 2.71 bits per heavy atom. The van der Waals surface area contributed by atoms with Crippen LogP contribution in [-0.4, -0.2) is 21.4 Å². The molecule has 0 aromatic carbocycles. The zero-order valence-electron chi connectivity index (χ0n) is 9.16. The zero-order valence-corrected chi connectivity index (χ0v) is 9.97. The molecule has 1 aliphatic rings. The lowest BCUT2D eigenvalue weighted by atomic mass is 9.84. The van der Waals surface area contributed by atoms with E-state index >= 15 is 0 Å². The number of primary amides is 1. The first-order valence-electron chi connectivity index (χ1n) is 5.47. The molecule has 2 N–H and O–H groups in total. The normalized spacial score (nSPS) is 20.4. The molecule has 94 valence electrons. The van der Waals surface area contributed by atoms with Crippen molar-refractivity contribution >= 4 is 17.4 Å². The minimum absolute atomic E-state index is 0.0736. The summed E-state index contributed by atoms with van der Waals surface area (Å²) in [7, 11) is 0. The fourth-order valence-electron chi connectivity index (χ4n) is 2.10. The molecule has 2 rings (SSSR count). The molecular formula is C10H13F2N3OS. The first-order valence-corrected chi connectivity index (χ1v) is 6.24. The molecular weight excluding hydrogens is 248 g/mol. The number of carbonyl (C=O) groups is 1. The van der Waals surface area contributed by atoms with Gasteiger partial charge in [-0.05, 0) is 36.7 Å². The highest BCUT2D eigenvalue weighted by atomic mass is 32.1. The van der Waals surface area contributed by atoms with Gasteiger partial charge >= 0.3 is 0 Å². The number of amides is 1. The van der Waals surface area contributed by atoms with Crippen molar-refractivity contribution in [1.29, 1.82) is 0 Å². The van der Waals surface area contributed by atoms with E-state index < -0.39 is 11.8 Å². The number of hydrogen-bond donors (Lipinski definition) is 1. The van der Waals surface area contributed by atoms with Crippen LogP contribution in [0.3, 0.4) is 0 Å². The predicted molar refractivity (Wildman–Crippen MR) is 59.0 cm³/mol. The van der Waals surface area contributed by atoms with Crippen LogP contribution < -0.4 is 5.73 Å². The van der Waals surface area contributed by atoms with Crippen LogP contribution in [0.15, 0.2) is 0 Å². The lowest BCUT2D eigenvalue weighted by molar-refractivity contribution is -0.0455. The van der Waals surface area contributed by atoms with Crippen LogP contribution in [-0.2, 0) is 6.42 Å². The van der Waals surface area contributed by atoms with Gasteiger partial charge in [0.25, 0.3) is 5.91 Å². The topological polar surface area (TPSA) is 68.9 Å². The second-order valence-corrected chi connectivity index (χ2v) is 5.25. The predicted octanol–water partition coefficient (Wildman–Crippen LogP) is 2.00. The van der Waals surface area contributed by atoms with Gasteiger partial charge in [-0.2, -0.15) is 0 Å². The second-order valence-electron chi connectivity index (χ2n) is 4.41. The molecule has 17 heavy (non-hydrogen) atoms. The summed E-state index contributed by atoms with van der Waals surface area (Å²) in [6.45, 7) is 0. The Morgan fingerprint density at radius 1 is 1.47 bits per heavy atom. The monoisotopic (exact) mass is 261 g/mol. The molecule has 1 aromatic rings. The van der Waals surface area contributed by atoms with Crippen LogP contribution in [0, 0.1) is 5.92 Å². The van der Waals surface area contributed by atoms with Crippen molar-refractivity contribution in [1.82, 2.24) is 9.59 Å². The maximum absolute atomic E-state index is 13.0. The quantitative estimate of drug-likeness (QED) is 0.904. The van der Waals surface area contributed by atoms with E-state index in [9.17, 15) is 13.6 Å². The SMILES string of the molecule is NC(=O)c1nnsc1CC1CCC(F)(F)CC1. The fraction of sp³-hybridized carbons (Fsp3) is 0.700. The Labute approximate surface area is 101 Å². The molecule has 1 saturated carbocycles. The number of nitrogens with two attached hydrogens (primary N) is 1. The molecule has 1 amide bonds. The highest BCUT2D eigenvalue weighted by molar-refractivity contribution is 7.05. The Hall–Kier alpha value is -1.11. The molecule has 0 spiro atoms. The van der Waals surface area contributed by atoms with Crippen LogP contribution in [0.25, 0.3) is 0 Å². The third kappa shape index (κ3) is 2.96. The van der Waals surface area contributed by atoms with E-state index in [1.165, 1.54) is 0 Å². The Kier molecular flexibility index (Phi) is 3.37. The summed E-state index contributed by atoms with van der Waals surface area (Å²) in [4.78, 5) is 11.7. The van der Waals surface area contributed by atoms with Gasteiger partial charge in [-0.15, -0.1) is 5.10 Å². The molecule has 0 atom stereocenters. The van der Waals surface area contributed by atoms with Gasteiger partial charge in [0.15, 0.2) is 5.69 Å². The number of carbonyl (C=O) groups excluding carboxylic acids is 1. The minimum atomic E-state index is -2.52. The van der Waals surface area contributed by atoms with Crippen LogP contribution in [0.5, 0.6) is 0 Å². The summed E-state index contributed by atoms with van der Waals surface area (Å²) in [5, 5.41) is 3.66. The van der Waals surface area contributed by atoms with Crippen molar-refractivity contribution in [3.05, 3.63) is 10.6 Å². The molecule has 7 heteroatoms. The first kappa shape index (κ1) is 12.3. The van der Waals surface area contributed by atoms with Gasteiger partial charge in [0.1, 0.15) is 0 Å². The lowest BCUT2D eigenvalue weighted by Gasteiger charge is -2.27. The average molecular weight is 261 g/mol. The second kappa shape index (κ2) is 4.64. The van der Waals surface area contributed by atoms with Crippen molar-refractivity contribution < 1.29 is 13.6 Å². The van der Waals surface area contributed by atoms with Crippen LogP contribution >= 0.6 is 11.5 Å². The highest BCUT2D eigenvalue weighted by Gasteiger charge is 2.35. The minimum Gasteiger partial charge on any atom is -0.364 e. The Bertz CT molecular complexity index is 411. The first-order chi connectivity index (χ1) is 7.98. The van der Waals surface area contributed by atoms with Gasteiger partial charge in [-0.25, -0.2) is 8.78 Å². The summed E-state index contributed by atoms with van der Waals surface area (Å²) in [5.41, 5.74) is 5.34. The standard InChI is InChI=1S/C10H13F2N3OS/c11-10(12)3-1-6(2-4-10)5-7-8(9(13)16)14-15-17-7/h6H,1-5H2,(H2,13,16). The highest BCUT2D eigenvalue weighted by Crippen LogP contribution is 2.37. The third-order valence-corrected chi connectivity index (χ3v) is 3.84. The van der Waals surface area contributed by atoms with Crippen molar-refractivity contribution in [2.45, 2.75) is 38.0 Å². The maximum Gasteiger partial charge on any atom is 0.270 e. The van der Waals surface area contributed by atoms with E-state index in [0.717, 1.165) is 11.5 Å². The van der Waals surface area contributed by atoms with Crippen LogP contribution in [0.2, 0.25) is 0 Å². The van der Waals surface area contributed by atoms with E-state index in [2.05, 4.69) is 9.59 Å². The molecule has 1 fully saturated rings. The Balaban J connectivity index is 1.98. The third-order valence-electron chi connectivity index (χ3n) is 3.10. The summed E-state index contributed by atoms with van der Waals surface area (Å²) in [5.74, 6) is -2.94. The summed E-state index contributed by atoms with van der Waals surface area (Å²) in [6.07, 6.45) is 1.38. The van der Waals surface area contributed by atoms with Crippen LogP contribution in [0.4, 0.5) is 8.78 Å². The fourth-order valence-corrected chi connectivity index (χ4v) is 2.86. The van der Waals surface area contributed by atoms with Crippen molar-refractivity contribution in [3.8, 4) is 0 Å². The number of halogens is 2. The van der Waals surface area contributed by atoms with Crippen molar-refractivity contribution in [3.63, 3.8) is 0 Å². The molecule has 0 unspecified atom stereocenters. The van der Waals surface area contributed by atoms with E-state index in [1.54, 1.807) is 0 Å². The molecule has 4 nitrogen and oxygen atoms in total. The molecule has 1 aliphatic carbocycles. The zero-order chi connectivity index (χ0) is 12.5. The van der Waals surface area contributed by atoms with E-state index in [-0.39, 0.29) is 24.5 Å². The van der Waals surface area contributed by atoms with Gasteiger partial charge in [-0.3, -0.25) is 4.79 Å². The lowest BCUT2D eigenvalue weighted by Crippen LogP contribution is -2.25. The molecule has 1 aromatic heterocycles. The molecule has 0 saturated heterocycles. The molecule has 0 bridgehead atoms. The van der Waals surface area contributed by atoms with Gasteiger partial charge in [-0.1, -0.05) is 4.49 Å². The molecule has 0 radical (unpaired) electrons. The molecule has 0 aliphatic heterocycles. The summed E-state index contributed by atoms with van der Waals surface area (Å²) in [6, 6.07) is 0. The number of aromatic nitrogens is 2. The van der Waals surface area contributed by atoms with Crippen molar-refractivity contribution in [2.75, 3.05) is 0 Å². The average Bonchev–Trinajstić information content (AvgIpc) is 2.69. The van der Waals surface area contributed by atoms with E-state index in [0.29, 0.717) is 24.1 Å². The largest absolute Gasteiger partial charge is 0.364 e. The van der Waals surface area contributed by atoms with Gasteiger partial charge in [0, 0.05) is 12.8 Å². The smallest absolute Gasteiger partial charge is 0.270 e. The Morgan fingerprint density at radius 2 is 2.12 bits per heavy atom.